The fourth-order valence-electron chi connectivity index (χ4n) is 4.69. The molecule has 1 aliphatic heterocycles. The lowest BCUT2D eigenvalue weighted by Gasteiger charge is -2.42. The van der Waals surface area contributed by atoms with Crippen molar-refractivity contribution in [3.8, 4) is 0 Å². The number of benzene rings is 1. The molecule has 6 nitrogen and oxygen atoms in total. The monoisotopic (exact) mass is 407 g/mol. The number of nitrogens with one attached hydrogen (secondary N) is 3. The van der Waals surface area contributed by atoms with E-state index in [2.05, 4.69) is 38.0 Å². The lowest BCUT2D eigenvalue weighted by molar-refractivity contribution is 0.0477. The van der Waals surface area contributed by atoms with E-state index in [4.69, 9.17) is 11.1 Å². The maximum absolute atomic E-state index is 13.2. The van der Waals surface area contributed by atoms with Gasteiger partial charge in [0.1, 0.15) is 0 Å². The van der Waals surface area contributed by atoms with Crippen LogP contribution in [0.15, 0.2) is 35.5 Å². The minimum atomic E-state index is -0.216. The van der Waals surface area contributed by atoms with Gasteiger partial charge in [0, 0.05) is 41.8 Å². The molecule has 0 radical (unpaired) electrons. The van der Waals surface area contributed by atoms with Gasteiger partial charge in [-0.1, -0.05) is 19.9 Å². The Bertz CT molecular complexity index is 1040. The van der Waals surface area contributed by atoms with Gasteiger partial charge in [0.25, 0.3) is 5.91 Å². The average Bonchev–Trinajstić information content (AvgIpc) is 3.09. The number of allylic oxidation sites excluding steroid dienone is 2. The predicted molar refractivity (Wildman–Crippen MR) is 122 cm³/mol. The molecule has 1 aromatic carbocycles. The number of carbonyl (C=O) groups is 1. The van der Waals surface area contributed by atoms with Crippen molar-refractivity contribution in [2.45, 2.75) is 52.5 Å². The molecule has 0 unspecified atom stereocenters. The number of piperazine rings is 1. The Morgan fingerprint density at radius 2 is 1.97 bits per heavy atom. The van der Waals surface area contributed by atoms with Gasteiger partial charge < -0.3 is 20.9 Å². The minimum absolute atomic E-state index is 0.0519. The molecule has 0 spiro atoms. The number of hydrogen-bond acceptors (Lipinski definition) is 4. The number of H-pyrrole nitrogens is 1. The van der Waals surface area contributed by atoms with Crippen molar-refractivity contribution in [3.63, 3.8) is 0 Å². The normalized spacial score (nSPS) is 21.1. The van der Waals surface area contributed by atoms with E-state index >= 15 is 0 Å². The molecular formula is C24H33N5O. The van der Waals surface area contributed by atoms with Crippen molar-refractivity contribution >= 4 is 22.5 Å². The van der Waals surface area contributed by atoms with E-state index in [9.17, 15) is 4.79 Å². The number of aromatic amines is 1. The molecule has 0 saturated carbocycles. The third-order valence-electron chi connectivity index (χ3n) is 6.59. The number of hydrogen-bond donors (Lipinski definition) is 4. The number of rotatable bonds is 3. The van der Waals surface area contributed by atoms with Crippen LogP contribution in [0.4, 0.5) is 0 Å². The Morgan fingerprint density at radius 3 is 2.67 bits per heavy atom. The zero-order valence-corrected chi connectivity index (χ0v) is 18.5. The fourth-order valence-corrected chi connectivity index (χ4v) is 4.69. The van der Waals surface area contributed by atoms with Crippen molar-refractivity contribution in [1.29, 1.82) is 5.41 Å². The van der Waals surface area contributed by atoms with E-state index in [0.717, 1.165) is 60.2 Å². The standard InChI is InChI=1S/C24H33N5O/c1-23(2)8-7-17(18(25)13-23)21(26)20-11-15-5-6-16(12-19(15)28-20)22(30)29-10-9-27-14-24(29,3)4/h5-6,11-12,26-28H,7-10,13-14,25H2,1-4H3. The second-order valence-corrected chi connectivity index (χ2v) is 10.2. The highest BCUT2D eigenvalue weighted by molar-refractivity contribution is 6.12. The van der Waals surface area contributed by atoms with Crippen LogP contribution in [0.5, 0.6) is 0 Å². The first-order chi connectivity index (χ1) is 14.1. The summed E-state index contributed by atoms with van der Waals surface area (Å²) in [7, 11) is 0. The summed E-state index contributed by atoms with van der Waals surface area (Å²) in [6.45, 7) is 10.9. The average molecular weight is 408 g/mol. The summed E-state index contributed by atoms with van der Waals surface area (Å²) in [6, 6.07) is 7.75. The van der Waals surface area contributed by atoms with Crippen LogP contribution in [0, 0.1) is 10.8 Å². The second kappa shape index (κ2) is 7.27. The van der Waals surface area contributed by atoms with E-state index in [1.807, 2.05) is 29.2 Å². The first-order valence-corrected chi connectivity index (χ1v) is 10.8. The van der Waals surface area contributed by atoms with Crippen molar-refractivity contribution in [1.82, 2.24) is 15.2 Å². The summed E-state index contributed by atoms with van der Waals surface area (Å²) in [5, 5.41) is 13.1. The number of nitrogens with two attached hydrogens (primary N) is 1. The predicted octanol–water partition coefficient (Wildman–Crippen LogP) is 3.78. The van der Waals surface area contributed by atoms with Gasteiger partial charge in [0.15, 0.2) is 0 Å². The van der Waals surface area contributed by atoms with Gasteiger partial charge in [0.05, 0.1) is 16.9 Å². The molecule has 6 heteroatoms. The zero-order valence-electron chi connectivity index (χ0n) is 18.5. The number of aromatic nitrogens is 1. The van der Waals surface area contributed by atoms with Crippen molar-refractivity contribution in [2.75, 3.05) is 19.6 Å². The summed E-state index contributed by atoms with van der Waals surface area (Å²) < 4.78 is 0. The molecule has 2 aliphatic rings. The summed E-state index contributed by atoms with van der Waals surface area (Å²) in [5.74, 6) is 0.0519. The zero-order chi connectivity index (χ0) is 21.7. The quantitative estimate of drug-likeness (QED) is 0.583. The van der Waals surface area contributed by atoms with Crippen LogP contribution >= 0.6 is 0 Å². The third kappa shape index (κ3) is 3.76. The molecule has 0 atom stereocenters. The molecule has 0 bridgehead atoms. The number of nitrogens with zero attached hydrogens (tertiary/aromatic N) is 1. The van der Waals surface area contributed by atoms with Gasteiger partial charge in [-0.15, -0.1) is 0 Å². The van der Waals surface area contributed by atoms with E-state index in [1.54, 1.807) is 0 Å². The van der Waals surface area contributed by atoms with E-state index in [-0.39, 0.29) is 16.9 Å². The summed E-state index contributed by atoms with van der Waals surface area (Å²) in [6.07, 6.45) is 2.68. The lowest BCUT2D eigenvalue weighted by Crippen LogP contribution is -2.59. The van der Waals surface area contributed by atoms with E-state index in [0.29, 0.717) is 17.8 Å². The Morgan fingerprint density at radius 1 is 1.20 bits per heavy atom. The topological polar surface area (TPSA) is 98.0 Å². The molecule has 2 heterocycles. The van der Waals surface area contributed by atoms with Crippen LogP contribution in [0.3, 0.4) is 0 Å². The van der Waals surface area contributed by atoms with Crippen LogP contribution in [0.25, 0.3) is 10.9 Å². The van der Waals surface area contributed by atoms with Crippen LogP contribution < -0.4 is 11.1 Å². The molecule has 1 aliphatic carbocycles. The highest BCUT2D eigenvalue weighted by Gasteiger charge is 2.34. The first kappa shape index (κ1) is 20.7. The van der Waals surface area contributed by atoms with Gasteiger partial charge in [-0.2, -0.15) is 0 Å². The number of carbonyl (C=O) groups excluding carboxylic acids is 1. The van der Waals surface area contributed by atoms with Crippen LogP contribution in [0.2, 0.25) is 0 Å². The maximum atomic E-state index is 13.2. The molecule has 160 valence electrons. The van der Waals surface area contributed by atoms with Gasteiger partial charge in [0.2, 0.25) is 0 Å². The first-order valence-electron chi connectivity index (χ1n) is 10.8. The van der Waals surface area contributed by atoms with Crippen LogP contribution in [0.1, 0.15) is 63.0 Å². The largest absolute Gasteiger partial charge is 0.402 e. The third-order valence-corrected chi connectivity index (χ3v) is 6.59. The second-order valence-electron chi connectivity index (χ2n) is 10.2. The Balaban J connectivity index is 1.62. The SMILES string of the molecule is CC1(C)CCC(C(=N)c2cc3ccc(C(=O)N4CCNCC4(C)C)cc3[nH]2)=C(N)C1. The molecule has 5 N–H and O–H groups in total. The van der Waals surface area contributed by atoms with Crippen molar-refractivity contribution < 1.29 is 4.79 Å². The smallest absolute Gasteiger partial charge is 0.254 e. The highest BCUT2D eigenvalue weighted by atomic mass is 16.2. The summed E-state index contributed by atoms with van der Waals surface area (Å²) in [4.78, 5) is 18.5. The van der Waals surface area contributed by atoms with E-state index < -0.39 is 0 Å². The fraction of sp³-hybridized carbons (Fsp3) is 0.500. The molecule has 1 saturated heterocycles. The molecule has 1 amide bonds. The van der Waals surface area contributed by atoms with Crippen molar-refractivity contribution in [2.24, 2.45) is 11.1 Å². The summed E-state index contributed by atoms with van der Waals surface area (Å²) >= 11 is 0. The minimum Gasteiger partial charge on any atom is -0.402 e. The molecule has 4 rings (SSSR count). The van der Waals surface area contributed by atoms with Crippen LogP contribution in [-0.2, 0) is 0 Å². The number of amides is 1. The molecule has 1 fully saturated rings. The van der Waals surface area contributed by atoms with Crippen LogP contribution in [-0.4, -0.2) is 46.7 Å². The Kier molecular flexibility index (Phi) is 5.01. The maximum Gasteiger partial charge on any atom is 0.254 e. The summed E-state index contributed by atoms with van der Waals surface area (Å²) in [5.41, 5.74) is 10.9. The van der Waals surface area contributed by atoms with Gasteiger partial charge in [-0.3, -0.25) is 10.2 Å². The number of fused-ring (bicyclic) bond motifs is 1. The Hall–Kier alpha value is -2.60. The van der Waals surface area contributed by atoms with Crippen molar-refractivity contribution in [3.05, 3.63) is 46.8 Å². The molecule has 1 aromatic heterocycles. The lowest BCUT2D eigenvalue weighted by atomic mass is 9.75. The molecule has 2 aromatic rings. The van der Waals surface area contributed by atoms with Gasteiger partial charge in [-0.25, -0.2) is 0 Å². The Labute approximate surface area is 178 Å². The molecule has 30 heavy (non-hydrogen) atoms. The van der Waals surface area contributed by atoms with E-state index in [1.165, 1.54) is 0 Å². The molecular weight excluding hydrogens is 374 g/mol. The highest BCUT2D eigenvalue weighted by Crippen LogP contribution is 2.38. The van der Waals surface area contributed by atoms with Gasteiger partial charge in [-0.05, 0) is 62.3 Å². The van der Waals surface area contributed by atoms with Gasteiger partial charge >= 0.3 is 0 Å².